The van der Waals surface area contributed by atoms with Crippen LogP contribution in [0.2, 0.25) is 0 Å². The van der Waals surface area contributed by atoms with Gasteiger partial charge in [-0.15, -0.1) is 0 Å². The molecule has 0 aliphatic rings. The van der Waals surface area contributed by atoms with Gasteiger partial charge in [-0.3, -0.25) is 10.2 Å². The highest BCUT2D eigenvalue weighted by Crippen LogP contribution is 2.03. The maximum atomic E-state index is 10.6. The van der Waals surface area contributed by atoms with Crippen molar-refractivity contribution < 1.29 is 4.79 Å². The van der Waals surface area contributed by atoms with Crippen molar-refractivity contribution in [2.75, 3.05) is 5.75 Å². The van der Waals surface area contributed by atoms with Gasteiger partial charge in [0.25, 0.3) is 0 Å². The van der Waals surface area contributed by atoms with Crippen molar-refractivity contribution in [3.05, 3.63) is 35.4 Å². The van der Waals surface area contributed by atoms with Gasteiger partial charge < -0.3 is 5.73 Å². The number of amidine groups is 1. The number of nitrogens with two attached hydrogens (primary N) is 1. The SMILES string of the molecule is CC(=O)SCC#Cc1ccc(C(=N)N)cc1. The zero-order valence-electron chi connectivity index (χ0n) is 8.91. The topological polar surface area (TPSA) is 66.9 Å². The Kier molecular flexibility index (Phi) is 4.62. The summed E-state index contributed by atoms with van der Waals surface area (Å²) in [4.78, 5) is 10.6. The van der Waals surface area contributed by atoms with E-state index in [-0.39, 0.29) is 11.0 Å². The van der Waals surface area contributed by atoms with Crippen molar-refractivity contribution in [1.29, 1.82) is 5.41 Å². The number of hydrogen-bond donors (Lipinski definition) is 2. The molecule has 0 heterocycles. The van der Waals surface area contributed by atoms with E-state index in [1.807, 2.05) is 12.1 Å². The molecule has 16 heavy (non-hydrogen) atoms. The van der Waals surface area contributed by atoms with E-state index in [4.69, 9.17) is 11.1 Å². The third kappa shape index (κ3) is 4.20. The molecule has 3 nitrogen and oxygen atoms in total. The summed E-state index contributed by atoms with van der Waals surface area (Å²) in [5.74, 6) is 6.37. The van der Waals surface area contributed by atoms with Crippen LogP contribution in [0.1, 0.15) is 18.1 Å². The van der Waals surface area contributed by atoms with Crippen molar-refractivity contribution in [2.24, 2.45) is 5.73 Å². The molecule has 0 fully saturated rings. The lowest BCUT2D eigenvalue weighted by atomic mass is 10.1. The van der Waals surface area contributed by atoms with Crippen LogP contribution in [0, 0.1) is 17.3 Å². The number of thioether (sulfide) groups is 1. The second kappa shape index (κ2) is 5.99. The average Bonchev–Trinajstić information content (AvgIpc) is 2.25. The first kappa shape index (κ1) is 12.3. The Morgan fingerprint density at radius 1 is 1.44 bits per heavy atom. The fourth-order valence-electron chi connectivity index (χ4n) is 1.01. The second-order valence-electron chi connectivity index (χ2n) is 3.07. The van der Waals surface area contributed by atoms with E-state index in [0.717, 1.165) is 5.56 Å². The van der Waals surface area contributed by atoms with Crippen molar-refractivity contribution in [2.45, 2.75) is 6.92 Å². The van der Waals surface area contributed by atoms with Gasteiger partial charge in [0.05, 0.1) is 5.75 Å². The zero-order valence-corrected chi connectivity index (χ0v) is 9.73. The first-order valence-electron chi connectivity index (χ1n) is 4.66. The maximum Gasteiger partial charge on any atom is 0.186 e. The summed E-state index contributed by atoms with van der Waals surface area (Å²) in [6.07, 6.45) is 0. The van der Waals surface area contributed by atoms with Crippen LogP contribution < -0.4 is 5.73 Å². The number of benzene rings is 1. The molecular formula is C12H12N2OS. The smallest absolute Gasteiger partial charge is 0.186 e. The molecule has 0 bridgehead atoms. The van der Waals surface area contributed by atoms with Gasteiger partial charge in [-0.05, 0) is 12.1 Å². The number of nitrogen functional groups attached to an aromatic ring is 1. The van der Waals surface area contributed by atoms with E-state index in [9.17, 15) is 4.79 Å². The molecule has 0 spiro atoms. The first-order valence-corrected chi connectivity index (χ1v) is 5.65. The van der Waals surface area contributed by atoms with Crippen LogP contribution >= 0.6 is 11.8 Å². The predicted octanol–water partition coefficient (Wildman–Crippen LogP) is 1.60. The lowest BCUT2D eigenvalue weighted by molar-refractivity contribution is -0.109. The Morgan fingerprint density at radius 3 is 2.56 bits per heavy atom. The van der Waals surface area contributed by atoms with Gasteiger partial charge in [-0.25, -0.2) is 0 Å². The number of hydrogen-bond acceptors (Lipinski definition) is 3. The lowest BCUT2D eigenvalue weighted by Gasteiger charge is -1.96. The summed E-state index contributed by atoms with van der Waals surface area (Å²) in [6.45, 7) is 1.52. The minimum absolute atomic E-state index is 0.0478. The summed E-state index contributed by atoms with van der Waals surface area (Å²) < 4.78 is 0. The Bertz CT molecular complexity index is 454. The monoisotopic (exact) mass is 232 g/mol. The first-order chi connectivity index (χ1) is 7.59. The van der Waals surface area contributed by atoms with Crippen molar-refractivity contribution in [1.82, 2.24) is 0 Å². The molecule has 0 atom stereocenters. The number of carbonyl (C=O) groups is 1. The highest BCUT2D eigenvalue weighted by molar-refractivity contribution is 8.13. The minimum atomic E-state index is 0.0478. The molecule has 1 aromatic carbocycles. The number of carbonyl (C=O) groups excluding carboxylic acids is 1. The third-order valence-electron chi connectivity index (χ3n) is 1.78. The molecule has 3 N–H and O–H groups in total. The molecule has 0 amide bonds. The van der Waals surface area contributed by atoms with E-state index >= 15 is 0 Å². The van der Waals surface area contributed by atoms with Gasteiger partial charge in [0.2, 0.25) is 0 Å². The third-order valence-corrected chi connectivity index (χ3v) is 2.47. The van der Waals surface area contributed by atoms with Gasteiger partial charge in [0.15, 0.2) is 5.12 Å². The molecule has 0 aromatic heterocycles. The zero-order chi connectivity index (χ0) is 12.0. The van der Waals surface area contributed by atoms with E-state index < -0.39 is 0 Å². The van der Waals surface area contributed by atoms with E-state index in [0.29, 0.717) is 11.3 Å². The normalized spacial score (nSPS) is 9.06. The van der Waals surface area contributed by atoms with E-state index in [1.165, 1.54) is 18.7 Å². The minimum Gasteiger partial charge on any atom is -0.384 e. The van der Waals surface area contributed by atoms with Crippen molar-refractivity contribution in [3.8, 4) is 11.8 Å². The Hall–Kier alpha value is -1.73. The summed E-state index contributed by atoms with van der Waals surface area (Å²) >= 11 is 1.19. The Morgan fingerprint density at radius 2 is 2.06 bits per heavy atom. The molecule has 1 aromatic rings. The van der Waals surface area contributed by atoms with Crippen LogP contribution in [0.15, 0.2) is 24.3 Å². The standard InChI is InChI=1S/C12H12N2OS/c1-9(15)16-8-2-3-10-4-6-11(7-5-10)12(13)14/h4-7H,8H2,1H3,(H3,13,14). The van der Waals surface area contributed by atoms with Crippen LogP contribution in [-0.2, 0) is 4.79 Å². The average molecular weight is 232 g/mol. The van der Waals surface area contributed by atoms with E-state index in [2.05, 4.69) is 11.8 Å². The van der Waals surface area contributed by atoms with Crippen LogP contribution in [0.5, 0.6) is 0 Å². The molecule has 1 rings (SSSR count). The summed E-state index contributed by atoms with van der Waals surface area (Å²) in [5, 5.41) is 7.29. The van der Waals surface area contributed by atoms with Crippen LogP contribution in [0.25, 0.3) is 0 Å². The van der Waals surface area contributed by atoms with Gasteiger partial charge in [-0.1, -0.05) is 35.7 Å². The largest absolute Gasteiger partial charge is 0.384 e. The van der Waals surface area contributed by atoms with Crippen molar-refractivity contribution >= 4 is 22.7 Å². The summed E-state index contributed by atoms with van der Waals surface area (Å²) in [6, 6.07) is 7.12. The highest BCUT2D eigenvalue weighted by atomic mass is 32.2. The predicted molar refractivity (Wildman–Crippen MR) is 67.5 cm³/mol. The molecule has 0 saturated carbocycles. The molecule has 0 unspecified atom stereocenters. The molecule has 0 aliphatic heterocycles. The fourth-order valence-corrected chi connectivity index (χ4v) is 1.36. The Labute approximate surface area is 98.9 Å². The molecule has 0 saturated heterocycles. The molecule has 0 aliphatic carbocycles. The highest BCUT2D eigenvalue weighted by Gasteiger charge is 1.94. The lowest BCUT2D eigenvalue weighted by Crippen LogP contribution is -2.10. The maximum absolute atomic E-state index is 10.6. The second-order valence-corrected chi connectivity index (χ2v) is 4.23. The molecular weight excluding hydrogens is 220 g/mol. The molecule has 4 heteroatoms. The quantitative estimate of drug-likeness (QED) is 0.462. The fraction of sp³-hybridized carbons (Fsp3) is 0.167. The van der Waals surface area contributed by atoms with Crippen LogP contribution in [0.4, 0.5) is 0 Å². The van der Waals surface area contributed by atoms with Gasteiger partial charge in [0.1, 0.15) is 5.84 Å². The molecule has 82 valence electrons. The van der Waals surface area contributed by atoms with Gasteiger partial charge in [0, 0.05) is 18.1 Å². The van der Waals surface area contributed by atoms with Crippen LogP contribution in [-0.4, -0.2) is 16.7 Å². The van der Waals surface area contributed by atoms with E-state index in [1.54, 1.807) is 12.1 Å². The van der Waals surface area contributed by atoms with Crippen LogP contribution in [0.3, 0.4) is 0 Å². The van der Waals surface area contributed by atoms with Gasteiger partial charge in [-0.2, -0.15) is 0 Å². The number of rotatable bonds is 2. The molecule has 0 radical (unpaired) electrons. The number of nitrogens with one attached hydrogen (secondary N) is 1. The Balaban J connectivity index is 2.61. The summed E-state index contributed by atoms with van der Waals surface area (Å²) in [5.41, 5.74) is 6.86. The summed E-state index contributed by atoms with van der Waals surface area (Å²) in [7, 11) is 0. The van der Waals surface area contributed by atoms with Crippen molar-refractivity contribution in [3.63, 3.8) is 0 Å². The van der Waals surface area contributed by atoms with Gasteiger partial charge >= 0.3 is 0 Å².